The van der Waals surface area contributed by atoms with Crippen molar-refractivity contribution in [2.45, 2.75) is 32.2 Å². The molecule has 0 fully saturated rings. The van der Waals surface area contributed by atoms with Gasteiger partial charge >= 0.3 is 0 Å². The second-order valence-corrected chi connectivity index (χ2v) is 4.39. The van der Waals surface area contributed by atoms with Crippen molar-refractivity contribution in [2.75, 3.05) is 0 Å². The van der Waals surface area contributed by atoms with Crippen LogP contribution in [-0.4, -0.2) is 23.0 Å². The number of carbonyl (C=O) groups is 2. The van der Waals surface area contributed by atoms with Gasteiger partial charge < -0.3 is 20.3 Å². The number of carboxylic acids is 1. The van der Waals surface area contributed by atoms with Gasteiger partial charge in [-0.3, -0.25) is 4.79 Å². The maximum atomic E-state index is 12.0. The smallest absolute Gasteiger partial charge is 0.255 e. The molecule has 8 nitrogen and oxygen atoms in total. The van der Waals surface area contributed by atoms with Gasteiger partial charge in [-0.1, -0.05) is 19.8 Å². The van der Waals surface area contributed by atoms with Crippen LogP contribution in [-0.2, 0) is 4.79 Å². The third-order valence-corrected chi connectivity index (χ3v) is 2.83. The summed E-state index contributed by atoms with van der Waals surface area (Å²) in [7, 11) is 0. The minimum absolute atomic E-state index is 0.0818. The van der Waals surface area contributed by atoms with E-state index in [-0.39, 0.29) is 23.4 Å². The number of rotatable bonds is 7. The van der Waals surface area contributed by atoms with E-state index in [4.69, 9.17) is 5.53 Å². The highest BCUT2D eigenvalue weighted by molar-refractivity contribution is 5.99. The highest BCUT2D eigenvalue weighted by Crippen LogP contribution is 2.23. The lowest BCUT2D eigenvalue weighted by Crippen LogP contribution is -2.47. The number of carboxylic acid groups (broad SMARTS) is 1. The number of phenolic OH excluding ortho intramolecular Hbond substituents is 1. The second-order valence-electron chi connectivity index (χ2n) is 4.39. The Labute approximate surface area is 121 Å². The monoisotopic (exact) mass is 292 g/mol. The number of benzene rings is 1. The van der Waals surface area contributed by atoms with Crippen molar-refractivity contribution in [1.82, 2.24) is 10.2 Å². The summed E-state index contributed by atoms with van der Waals surface area (Å²) in [5, 5.41) is 26.4. The Morgan fingerprint density at radius 3 is 2.76 bits per heavy atom. The van der Waals surface area contributed by atoms with Crippen LogP contribution >= 0.6 is 0 Å². The van der Waals surface area contributed by atoms with Crippen LogP contribution in [0.4, 0.5) is 5.69 Å². The van der Waals surface area contributed by atoms with E-state index in [1.165, 1.54) is 12.1 Å². The lowest BCUT2D eigenvalue weighted by atomic mass is 10.1. The zero-order chi connectivity index (χ0) is 15.8. The molecule has 8 heteroatoms. The Kier molecular flexibility index (Phi) is 6.03. The fraction of sp³-hybridized carbons (Fsp3) is 0.385. The van der Waals surface area contributed by atoms with Crippen LogP contribution < -0.4 is 15.3 Å². The molecule has 0 aliphatic heterocycles. The molecule has 0 aliphatic rings. The van der Waals surface area contributed by atoms with Crippen molar-refractivity contribution in [3.63, 3.8) is 0 Å². The number of amides is 1. The number of aromatic hydroxyl groups is 1. The highest BCUT2D eigenvalue weighted by atomic mass is 16.4. The molecule has 1 rings (SSSR count). The molecule has 0 heterocycles. The van der Waals surface area contributed by atoms with Crippen LogP contribution in [0.1, 0.15) is 36.5 Å². The van der Waals surface area contributed by atoms with Gasteiger partial charge in [-0.05, 0) is 18.6 Å². The minimum atomic E-state index is -1.36. The molecule has 112 valence electrons. The summed E-state index contributed by atoms with van der Waals surface area (Å²) in [6, 6.07) is 2.71. The van der Waals surface area contributed by atoms with Crippen molar-refractivity contribution in [3.8, 4) is 5.75 Å². The Balaban J connectivity index is 2.87. The average molecular weight is 292 g/mol. The summed E-state index contributed by atoms with van der Waals surface area (Å²) < 4.78 is 0. The molecule has 0 aromatic heterocycles. The molecule has 3 N–H and O–H groups in total. The number of nitrogens with zero attached hydrogens (tertiary/aromatic N) is 2. The van der Waals surface area contributed by atoms with E-state index in [0.717, 1.165) is 12.5 Å². The number of unbranched alkanes of at least 4 members (excludes halogenated alkanes) is 1. The first-order valence-electron chi connectivity index (χ1n) is 6.41. The van der Waals surface area contributed by atoms with Crippen LogP contribution in [0.3, 0.4) is 0 Å². The number of aliphatic carboxylic acids is 1. The van der Waals surface area contributed by atoms with E-state index in [1.54, 1.807) is 0 Å². The molecule has 1 unspecified atom stereocenters. The van der Waals surface area contributed by atoms with Crippen LogP contribution in [0.25, 0.3) is 0 Å². The number of nitrogens with one attached hydrogen (secondary N) is 2. The molecule has 0 spiro atoms. The largest absolute Gasteiger partial charge is 0.548 e. The van der Waals surface area contributed by atoms with E-state index in [0.29, 0.717) is 6.42 Å². The van der Waals surface area contributed by atoms with Crippen molar-refractivity contribution >= 4 is 17.6 Å². The molecule has 0 saturated carbocycles. The van der Waals surface area contributed by atoms with E-state index in [2.05, 4.69) is 15.3 Å². The lowest BCUT2D eigenvalue weighted by molar-refractivity contribution is -0.308. The van der Waals surface area contributed by atoms with E-state index in [9.17, 15) is 19.8 Å². The zero-order valence-electron chi connectivity index (χ0n) is 11.5. The maximum Gasteiger partial charge on any atom is 0.255 e. The zero-order valence-corrected chi connectivity index (χ0v) is 11.5. The summed E-state index contributed by atoms with van der Waals surface area (Å²) in [5.74, 6) is -2.45. The van der Waals surface area contributed by atoms with Gasteiger partial charge in [-0.25, -0.2) is 0 Å². The Hall–Kier alpha value is -2.73. The van der Waals surface area contributed by atoms with Gasteiger partial charge in [0.2, 0.25) is 4.91 Å². The average Bonchev–Trinajstić information content (AvgIpc) is 2.43. The van der Waals surface area contributed by atoms with Gasteiger partial charge in [0.25, 0.3) is 5.91 Å². The first-order valence-corrected chi connectivity index (χ1v) is 6.41. The predicted molar refractivity (Wildman–Crippen MR) is 70.8 cm³/mol. The molecular formula is C13H16N4O4. The predicted octanol–water partition coefficient (Wildman–Crippen LogP) is 0.613. The molecule has 0 aliphatic carbocycles. The quantitative estimate of drug-likeness (QED) is 0.500. The Bertz CT molecular complexity index is 582. The normalized spacial score (nSPS) is 11.3. The molecule has 1 aromatic rings. The van der Waals surface area contributed by atoms with Gasteiger partial charge in [-0.2, -0.15) is 0 Å². The molecule has 0 bridgehead atoms. The minimum Gasteiger partial charge on any atom is -0.548 e. The maximum absolute atomic E-state index is 12.0. The van der Waals surface area contributed by atoms with E-state index in [1.807, 2.05) is 6.92 Å². The van der Waals surface area contributed by atoms with Crippen molar-refractivity contribution in [1.29, 1.82) is 5.53 Å². The third-order valence-electron chi connectivity index (χ3n) is 2.83. The second kappa shape index (κ2) is 7.76. The molecular weight excluding hydrogens is 276 g/mol. The Morgan fingerprint density at radius 1 is 1.52 bits per heavy atom. The molecule has 1 aromatic carbocycles. The standard InChI is InChI=1S/C13H16N4O4/c1-2-3-4-10(13(20)21)15-12(19)9-6-5-8(16-17-14)7-11(9)18/h5-7,10,14H,2-4H2,1H3,(H2-,15,18,19,20,21). The number of hydrogen-bond donors (Lipinski definition) is 3. The molecule has 21 heavy (non-hydrogen) atoms. The van der Waals surface area contributed by atoms with E-state index < -0.39 is 17.9 Å². The van der Waals surface area contributed by atoms with Crippen LogP contribution in [0, 0.1) is 5.53 Å². The molecule has 1 atom stereocenters. The number of carbonyl (C=O) groups excluding carboxylic acids is 2. The number of hydrogen-bond acceptors (Lipinski definition) is 6. The molecule has 0 saturated heterocycles. The van der Waals surface area contributed by atoms with Gasteiger partial charge in [0.05, 0.1) is 17.6 Å². The summed E-state index contributed by atoms with van der Waals surface area (Å²) >= 11 is 0. The van der Waals surface area contributed by atoms with E-state index >= 15 is 0 Å². The molecule has 1 amide bonds. The van der Waals surface area contributed by atoms with Crippen LogP contribution in [0.15, 0.2) is 23.3 Å². The summed E-state index contributed by atoms with van der Waals surface area (Å²) in [5.41, 5.74) is 6.71. The molecule has 0 radical (unpaired) electrons. The van der Waals surface area contributed by atoms with Crippen molar-refractivity contribution < 1.29 is 19.8 Å². The summed E-state index contributed by atoms with van der Waals surface area (Å²) in [6.45, 7) is 1.90. The van der Waals surface area contributed by atoms with Crippen LogP contribution in [0.5, 0.6) is 5.75 Å². The van der Waals surface area contributed by atoms with Crippen LogP contribution in [0.2, 0.25) is 0 Å². The highest BCUT2D eigenvalue weighted by Gasteiger charge is 2.17. The van der Waals surface area contributed by atoms with Gasteiger partial charge in [0.1, 0.15) is 11.3 Å². The van der Waals surface area contributed by atoms with Crippen molar-refractivity contribution in [3.05, 3.63) is 23.8 Å². The van der Waals surface area contributed by atoms with Crippen molar-refractivity contribution in [2.24, 2.45) is 5.11 Å². The third kappa shape index (κ3) is 4.70. The first kappa shape index (κ1) is 16.3. The fourth-order valence-corrected chi connectivity index (χ4v) is 1.73. The topological polar surface area (TPSA) is 140 Å². The SMILES string of the molecule is CCCCC(NC(=O)c1ccc(N=[N+]=N)cc1O)C(=O)[O-]. The lowest BCUT2D eigenvalue weighted by Gasteiger charge is -2.19. The van der Waals surface area contributed by atoms with Gasteiger partial charge in [-0.15, -0.1) is 0 Å². The van der Waals surface area contributed by atoms with Gasteiger partial charge in [0.15, 0.2) is 10.8 Å². The summed E-state index contributed by atoms with van der Waals surface area (Å²) in [6.07, 6.45) is 1.68. The first-order chi connectivity index (χ1) is 9.99. The summed E-state index contributed by atoms with van der Waals surface area (Å²) in [4.78, 5) is 25.7. The Morgan fingerprint density at radius 2 is 2.24 bits per heavy atom. The number of phenols is 1. The fourth-order valence-electron chi connectivity index (χ4n) is 1.73. The van der Waals surface area contributed by atoms with Gasteiger partial charge in [0, 0.05) is 6.07 Å².